The Bertz CT molecular complexity index is 529. The normalized spacial score (nSPS) is 18.6. The zero-order valence-electron chi connectivity index (χ0n) is 9.80. The van der Waals surface area contributed by atoms with E-state index in [9.17, 15) is 14.4 Å². The summed E-state index contributed by atoms with van der Waals surface area (Å²) in [7, 11) is 0. The zero-order valence-corrected chi connectivity index (χ0v) is 10.6. The molecule has 100 valence electrons. The molecule has 2 rings (SSSR count). The Kier molecular flexibility index (Phi) is 3.71. The van der Waals surface area contributed by atoms with Gasteiger partial charge >= 0.3 is 12.0 Å². The second-order valence-corrected chi connectivity index (χ2v) is 4.59. The highest BCUT2D eigenvalue weighted by Crippen LogP contribution is 2.16. The Balaban J connectivity index is 2.08. The Morgan fingerprint density at radius 2 is 1.95 bits per heavy atom. The SMILES string of the molecule is O=C(O)C[C@H]1NC(=O)N(Cc2ccc(Cl)cc2)C1=O. The Morgan fingerprint density at radius 3 is 2.53 bits per heavy atom. The molecule has 0 aliphatic carbocycles. The van der Waals surface area contributed by atoms with E-state index in [1.165, 1.54) is 0 Å². The Morgan fingerprint density at radius 1 is 1.32 bits per heavy atom. The molecule has 0 saturated carbocycles. The molecule has 1 fully saturated rings. The van der Waals surface area contributed by atoms with E-state index < -0.39 is 30.4 Å². The van der Waals surface area contributed by atoms with Gasteiger partial charge in [0.2, 0.25) is 0 Å². The summed E-state index contributed by atoms with van der Waals surface area (Å²) in [5.41, 5.74) is 0.740. The van der Waals surface area contributed by atoms with E-state index in [2.05, 4.69) is 5.32 Å². The van der Waals surface area contributed by atoms with Gasteiger partial charge < -0.3 is 10.4 Å². The highest BCUT2D eigenvalue weighted by atomic mass is 35.5. The van der Waals surface area contributed by atoms with Crippen LogP contribution in [0.25, 0.3) is 0 Å². The van der Waals surface area contributed by atoms with Crippen LogP contribution in [0.3, 0.4) is 0 Å². The number of benzene rings is 1. The molecule has 0 unspecified atom stereocenters. The van der Waals surface area contributed by atoms with Crippen LogP contribution >= 0.6 is 11.6 Å². The molecule has 6 nitrogen and oxygen atoms in total. The van der Waals surface area contributed by atoms with Crippen LogP contribution in [0.4, 0.5) is 4.79 Å². The maximum absolute atomic E-state index is 11.9. The fourth-order valence-corrected chi connectivity index (χ4v) is 1.94. The van der Waals surface area contributed by atoms with E-state index in [0.717, 1.165) is 10.5 Å². The number of nitrogens with zero attached hydrogens (tertiary/aromatic N) is 1. The third kappa shape index (κ3) is 3.03. The first-order chi connectivity index (χ1) is 8.97. The van der Waals surface area contributed by atoms with Crippen molar-refractivity contribution in [1.29, 1.82) is 0 Å². The number of carbonyl (C=O) groups excluding carboxylic acids is 2. The molecule has 1 aromatic rings. The van der Waals surface area contributed by atoms with Crippen molar-refractivity contribution < 1.29 is 19.5 Å². The quantitative estimate of drug-likeness (QED) is 0.813. The van der Waals surface area contributed by atoms with Gasteiger partial charge in [-0.15, -0.1) is 0 Å². The fraction of sp³-hybridized carbons (Fsp3) is 0.250. The smallest absolute Gasteiger partial charge is 0.325 e. The maximum Gasteiger partial charge on any atom is 0.325 e. The molecule has 0 radical (unpaired) electrons. The number of hydrogen-bond donors (Lipinski definition) is 2. The molecule has 1 aliphatic rings. The molecule has 3 amide bonds. The van der Waals surface area contributed by atoms with Gasteiger partial charge in [-0.05, 0) is 17.7 Å². The molecule has 19 heavy (non-hydrogen) atoms. The first-order valence-electron chi connectivity index (χ1n) is 5.55. The lowest BCUT2D eigenvalue weighted by Crippen LogP contribution is -2.32. The van der Waals surface area contributed by atoms with Gasteiger partial charge in [-0.3, -0.25) is 14.5 Å². The van der Waals surface area contributed by atoms with Crippen LogP contribution in [0.15, 0.2) is 24.3 Å². The first-order valence-corrected chi connectivity index (χ1v) is 5.93. The summed E-state index contributed by atoms with van der Waals surface area (Å²) in [4.78, 5) is 35.1. The second-order valence-electron chi connectivity index (χ2n) is 4.15. The highest BCUT2D eigenvalue weighted by molar-refractivity contribution is 6.30. The van der Waals surface area contributed by atoms with Crippen LogP contribution in [0.1, 0.15) is 12.0 Å². The van der Waals surface area contributed by atoms with Gasteiger partial charge in [0.05, 0.1) is 13.0 Å². The number of halogens is 1. The molecule has 0 aromatic heterocycles. The predicted molar refractivity (Wildman–Crippen MR) is 66.6 cm³/mol. The van der Waals surface area contributed by atoms with Crippen LogP contribution in [-0.4, -0.2) is 34.0 Å². The van der Waals surface area contributed by atoms with Crippen molar-refractivity contribution in [3.63, 3.8) is 0 Å². The van der Waals surface area contributed by atoms with E-state index in [1.54, 1.807) is 24.3 Å². The molecular formula is C12H11ClN2O4. The molecule has 7 heteroatoms. The van der Waals surface area contributed by atoms with Crippen molar-refractivity contribution in [1.82, 2.24) is 10.2 Å². The summed E-state index contributed by atoms with van der Waals surface area (Å²) in [5.74, 6) is -1.66. The van der Waals surface area contributed by atoms with Gasteiger partial charge in [0, 0.05) is 5.02 Å². The van der Waals surface area contributed by atoms with Gasteiger partial charge in [-0.25, -0.2) is 4.79 Å². The summed E-state index contributed by atoms with van der Waals surface area (Å²) in [6, 6.07) is 5.15. The number of carbonyl (C=O) groups is 3. The van der Waals surface area contributed by atoms with Gasteiger partial charge in [-0.1, -0.05) is 23.7 Å². The third-order valence-corrected chi connectivity index (χ3v) is 2.99. The average Bonchev–Trinajstić information content (AvgIpc) is 2.59. The van der Waals surface area contributed by atoms with E-state index >= 15 is 0 Å². The van der Waals surface area contributed by atoms with Crippen molar-refractivity contribution in [2.45, 2.75) is 19.0 Å². The zero-order chi connectivity index (χ0) is 14.0. The van der Waals surface area contributed by atoms with Crippen LogP contribution in [0.2, 0.25) is 5.02 Å². The molecule has 0 spiro atoms. The number of imide groups is 1. The van der Waals surface area contributed by atoms with Crippen molar-refractivity contribution in [3.05, 3.63) is 34.9 Å². The van der Waals surface area contributed by atoms with E-state index in [4.69, 9.17) is 16.7 Å². The standard InChI is InChI=1S/C12H11ClN2O4/c13-8-3-1-7(2-4-8)6-15-11(18)9(5-10(16)17)14-12(15)19/h1-4,9H,5-6H2,(H,14,19)(H,16,17)/t9-/m1/s1. The second kappa shape index (κ2) is 5.27. The number of carboxylic acid groups (broad SMARTS) is 1. The molecular weight excluding hydrogens is 272 g/mol. The van der Waals surface area contributed by atoms with Gasteiger partial charge in [-0.2, -0.15) is 0 Å². The summed E-state index contributed by atoms with van der Waals surface area (Å²) < 4.78 is 0. The van der Waals surface area contributed by atoms with Crippen molar-refractivity contribution in [3.8, 4) is 0 Å². The lowest BCUT2D eigenvalue weighted by molar-refractivity contribution is -0.140. The van der Waals surface area contributed by atoms with Crippen molar-refractivity contribution >= 4 is 29.5 Å². The maximum atomic E-state index is 11.9. The molecule has 1 aromatic carbocycles. The number of carboxylic acids is 1. The summed E-state index contributed by atoms with van der Waals surface area (Å²) >= 11 is 5.74. The minimum atomic E-state index is -1.13. The third-order valence-electron chi connectivity index (χ3n) is 2.74. The van der Waals surface area contributed by atoms with Crippen LogP contribution in [0, 0.1) is 0 Å². The lowest BCUT2D eigenvalue weighted by atomic mass is 10.2. The molecule has 1 aliphatic heterocycles. The minimum absolute atomic E-state index is 0.0952. The summed E-state index contributed by atoms with van der Waals surface area (Å²) in [6.07, 6.45) is -0.415. The monoisotopic (exact) mass is 282 g/mol. The van der Waals surface area contributed by atoms with E-state index in [1.807, 2.05) is 0 Å². The number of aliphatic carboxylic acids is 1. The minimum Gasteiger partial charge on any atom is -0.481 e. The lowest BCUT2D eigenvalue weighted by Gasteiger charge is -2.12. The van der Waals surface area contributed by atoms with Gasteiger partial charge in [0.1, 0.15) is 6.04 Å². The number of rotatable bonds is 4. The summed E-state index contributed by atoms with van der Waals surface area (Å²) in [6.45, 7) is 0.0952. The molecule has 1 heterocycles. The van der Waals surface area contributed by atoms with Crippen molar-refractivity contribution in [2.75, 3.05) is 0 Å². The predicted octanol–water partition coefficient (Wildman–Crippen LogP) is 1.24. The fourth-order valence-electron chi connectivity index (χ4n) is 1.81. The highest BCUT2D eigenvalue weighted by Gasteiger charge is 2.38. The van der Waals surface area contributed by atoms with Crippen LogP contribution in [0.5, 0.6) is 0 Å². The molecule has 1 atom stereocenters. The number of hydrogen-bond acceptors (Lipinski definition) is 3. The Labute approximate surface area is 114 Å². The van der Waals surface area contributed by atoms with Crippen LogP contribution in [-0.2, 0) is 16.1 Å². The number of amides is 3. The Hall–Kier alpha value is -2.08. The largest absolute Gasteiger partial charge is 0.481 e. The van der Waals surface area contributed by atoms with E-state index in [0.29, 0.717) is 5.02 Å². The van der Waals surface area contributed by atoms with E-state index in [-0.39, 0.29) is 6.54 Å². The average molecular weight is 283 g/mol. The molecule has 1 saturated heterocycles. The molecule has 0 bridgehead atoms. The molecule has 2 N–H and O–H groups in total. The van der Waals surface area contributed by atoms with Crippen LogP contribution < -0.4 is 5.32 Å². The number of nitrogens with one attached hydrogen (secondary N) is 1. The van der Waals surface area contributed by atoms with Gasteiger partial charge in [0.15, 0.2) is 0 Å². The van der Waals surface area contributed by atoms with Gasteiger partial charge in [0.25, 0.3) is 5.91 Å². The summed E-state index contributed by atoms with van der Waals surface area (Å²) in [5, 5.41) is 11.6. The topological polar surface area (TPSA) is 86.7 Å². The number of urea groups is 1. The first kappa shape index (κ1) is 13.4. The van der Waals surface area contributed by atoms with Crippen molar-refractivity contribution in [2.24, 2.45) is 0 Å².